The van der Waals surface area contributed by atoms with Crippen LogP contribution in [0.15, 0.2) is 121 Å². The van der Waals surface area contributed by atoms with E-state index in [0.717, 1.165) is 248 Å². The summed E-state index contributed by atoms with van der Waals surface area (Å²) in [5, 5.41) is 27.1. The fourth-order valence-electron chi connectivity index (χ4n) is 14.1. The minimum absolute atomic E-state index is 0.124. The molecular formula is C75H86N20O9. The topological polar surface area (TPSA) is 324 Å². The van der Waals surface area contributed by atoms with Crippen molar-refractivity contribution in [2.45, 2.75) is 120 Å². The van der Waals surface area contributed by atoms with Crippen molar-refractivity contribution in [1.29, 1.82) is 5.26 Å². The Morgan fingerprint density at radius 1 is 0.481 bits per heavy atom. The lowest BCUT2D eigenvalue weighted by Crippen LogP contribution is -2.36. The molecule has 4 saturated heterocycles. The molecule has 0 unspecified atom stereocenters. The van der Waals surface area contributed by atoms with E-state index in [0.29, 0.717) is 65.3 Å². The highest BCUT2D eigenvalue weighted by Gasteiger charge is 2.29. The lowest BCUT2D eigenvalue weighted by atomic mass is 9.93. The highest BCUT2D eigenvalue weighted by Crippen LogP contribution is 2.38. The number of pyridine rings is 1. The molecule has 3 aliphatic carbocycles. The standard InChI is InChI=1S/C26H32N6O4.C25H28N6O2.C24H26N8O3/c1-3-21(4-2-19(1)31-26-29-13-22(14-30-26)35-17-18-15-34-16-18)36-24-12-20(32-7-9-33-10-8-32)11-23-25(24)28-6-5-27-23;1-17-18(16-26)2-7-24(29-17)30-19-3-5-21(6-4-19)33-23-15-20(31-10-12-32-13-11-31)14-22-25(23)28-9-8-27-22;1-3-19(4-2-17(1)30-24-27-13-16(14-28-24)23-31-29-15-34-23)35-21-12-18(32-7-9-33-10-8-32)11-20-22(21)26-6-5-25-20/h5-6,11-14,18-19,21H,1-4,7-10,15-17H2,(H,29,30,31);2,7-9,14-15,19,21H,3-6,10-13H2,1H3,(H,29,30);5-6,11-15,17,19H,1-4,7-10H2,(H,27,28,30). The van der Waals surface area contributed by atoms with E-state index in [4.69, 9.17) is 47.6 Å². The molecule has 29 heteroatoms. The molecule has 0 bridgehead atoms. The van der Waals surface area contributed by atoms with Crippen molar-refractivity contribution in [3.05, 3.63) is 128 Å². The van der Waals surface area contributed by atoms with Crippen LogP contribution < -0.4 is 49.6 Å². The van der Waals surface area contributed by atoms with E-state index in [9.17, 15) is 0 Å². The summed E-state index contributed by atoms with van der Waals surface area (Å²) < 4.78 is 52.2. The summed E-state index contributed by atoms with van der Waals surface area (Å²) in [7, 11) is 0. The number of nitrogens with one attached hydrogen (secondary N) is 3. The fourth-order valence-corrected chi connectivity index (χ4v) is 14.1. The van der Waals surface area contributed by atoms with E-state index >= 15 is 0 Å². The van der Waals surface area contributed by atoms with Gasteiger partial charge >= 0.3 is 0 Å². The predicted octanol–water partition coefficient (Wildman–Crippen LogP) is 10.0. The van der Waals surface area contributed by atoms with Crippen molar-refractivity contribution in [2.75, 3.05) is 129 Å². The SMILES string of the molecule is Cc1nc(NC2CCC(Oc3cc(N4CCOCC4)cc4nccnc34)CC2)ccc1C#N.c1cnc2c(OC3CCC(Nc4ncc(-c5nnco5)cn4)CC3)cc(N3CCOCC3)cc2n1.c1cnc2c(OC3CCC(Nc4ncc(OCC5COC5)cn4)CC3)cc(N3CCOCC3)cc2n1. The zero-order valence-electron chi connectivity index (χ0n) is 58.4. The van der Waals surface area contributed by atoms with E-state index < -0.39 is 0 Å². The van der Waals surface area contributed by atoms with Gasteiger partial charge in [0.2, 0.25) is 18.3 Å². The number of nitriles is 1. The monoisotopic (exact) mass is 1410 g/mol. The third-order valence-electron chi connectivity index (χ3n) is 19.9. The molecule has 29 nitrogen and oxygen atoms in total. The number of anilines is 6. The Morgan fingerprint density at radius 3 is 1.28 bits per heavy atom. The van der Waals surface area contributed by atoms with Crippen molar-refractivity contribution >= 4 is 67.9 Å². The average molecular weight is 1410 g/mol. The van der Waals surface area contributed by atoms with Crippen molar-refractivity contribution in [3.8, 4) is 40.5 Å². The van der Waals surface area contributed by atoms with Gasteiger partial charge in [0.05, 0.1) is 124 Å². The van der Waals surface area contributed by atoms with Gasteiger partial charge in [-0.05, 0) is 114 Å². The van der Waals surface area contributed by atoms with Crippen molar-refractivity contribution in [1.82, 2.24) is 65.0 Å². The zero-order valence-corrected chi connectivity index (χ0v) is 58.4. The maximum atomic E-state index is 9.10. The van der Waals surface area contributed by atoms with Crippen molar-refractivity contribution in [3.63, 3.8) is 0 Å². The first-order valence-corrected chi connectivity index (χ1v) is 36.3. The molecule has 540 valence electrons. The first kappa shape index (κ1) is 69.2. The number of ether oxygens (including phenoxy) is 8. The molecule has 3 saturated carbocycles. The third kappa shape index (κ3) is 17.7. The molecule has 104 heavy (non-hydrogen) atoms. The number of nitrogens with zero attached hydrogens (tertiary/aromatic N) is 17. The predicted molar refractivity (Wildman–Crippen MR) is 389 cm³/mol. The minimum Gasteiger partial charge on any atom is -0.490 e. The van der Waals surface area contributed by atoms with Crippen LogP contribution in [0.25, 0.3) is 44.6 Å². The van der Waals surface area contributed by atoms with E-state index in [1.54, 1.807) is 62.0 Å². The van der Waals surface area contributed by atoms with Crippen LogP contribution in [-0.2, 0) is 18.9 Å². The molecule has 10 aromatic rings. The quantitative estimate of drug-likeness (QED) is 0.0677. The van der Waals surface area contributed by atoms with E-state index in [1.165, 1.54) is 6.39 Å². The lowest BCUT2D eigenvalue weighted by Gasteiger charge is -2.31. The maximum Gasteiger partial charge on any atom is 0.250 e. The molecule has 17 rings (SSSR count). The molecule has 0 amide bonds. The Kier molecular flexibility index (Phi) is 22.4. The highest BCUT2D eigenvalue weighted by atomic mass is 16.5. The van der Waals surface area contributed by atoms with Gasteiger partial charge in [-0.3, -0.25) is 15.0 Å². The molecule has 0 atom stereocenters. The van der Waals surface area contributed by atoms with Crippen molar-refractivity contribution in [2.24, 2.45) is 5.92 Å². The molecule has 3 N–H and O–H groups in total. The van der Waals surface area contributed by atoms with Crippen LogP contribution >= 0.6 is 0 Å². The van der Waals surface area contributed by atoms with Crippen molar-refractivity contribution < 1.29 is 42.3 Å². The molecule has 4 aliphatic heterocycles. The Bertz CT molecular complexity index is 4460. The molecule has 3 aromatic carbocycles. The van der Waals surface area contributed by atoms with Crippen LogP contribution in [0.3, 0.4) is 0 Å². The molecule has 11 heterocycles. The van der Waals surface area contributed by atoms with Gasteiger partial charge < -0.3 is 73.0 Å². The maximum absolute atomic E-state index is 9.10. The molecule has 0 spiro atoms. The third-order valence-corrected chi connectivity index (χ3v) is 19.9. The van der Waals surface area contributed by atoms with Gasteiger partial charge in [0.25, 0.3) is 5.89 Å². The van der Waals surface area contributed by atoms with E-state index in [1.807, 2.05) is 19.1 Å². The largest absolute Gasteiger partial charge is 0.490 e. The Morgan fingerprint density at radius 2 is 0.894 bits per heavy atom. The number of aryl methyl sites for hydroxylation is 1. The first-order chi connectivity index (χ1) is 51.3. The summed E-state index contributed by atoms with van der Waals surface area (Å²) in [6.45, 7) is 13.7. The summed E-state index contributed by atoms with van der Waals surface area (Å²) in [6, 6.07) is 19.4. The van der Waals surface area contributed by atoms with Gasteiger partial charge in [-0.25, -0.2) is 39.9 Å². The normalized spacial score (nSPS) is 21.4. The number of hydrogen-bond acceptors (Lipinski definition) is 29. The number of rotatable bonds is 19. The fraction of sp³-hybridized carbons (Fsp3) is 0.467. The second-order valence-corrected chi connectivity index (χ2v) is 27.0. The van der Waals surface area contributed by atoms with Crippen LogP contribution in [0, 0.1) is 24.2 Å². The highest BCUT2D eigenvalue weighted by molar-refractivity contribution is 5.87. The number of hydrogen-bond donors (Lipinski definition) is 3. The van der Waals surface area contributed by atoms with Gasteiger partial charge in [-0.1, -0.05) is 0 Å². The van der Waals surface area contributed by atoms with Gasteiger partial charge in [0, 0.05) is 148 Å². The summed E-state index contributed by atoms with van der Waals surface area (Å²) in [4.78, 5) is 56.4. The summed E-state index contributed by atoms with van der Waals surface area (Å²) in [6.07, 6.45) is 30.4. The summed E-state index contributed by atoms with van der Waals surface area (Å²) in [5.41, 5.74) is 10.4. The number of morpholine rings is 3. The first-order valence-electron chi connectivity index (χ1n) is 36.3. The van der Waals surface area contributed by atoms with Crippen LogP contribution in [-0.4, -0.2) is 200 Å². The minimum atomic E-state index is 0.124. The average Bonchev–Trinajstić information content (AvgIpc) is 0.894. The van der Waals surface area contributed by atoms with Gasteiger partial charge in [0.15, 0.2) is 5.75 Å². The number of benzene rings is 3. The Labute approximate surface area is 602 Å². The molecule has 7 fully saturated rings. The van der Waals surface area contributed by atoms with E-state index in [-0.39, 0.29) is 18.3 Å². The van der Waals surface area contributed by atoms with Gasteiger partial charge in [-0.15, -0.1) is 10.2 Å². The van der Waals surface area contributed by atoms with E-state index in [2.05, 4.69) is 138 Å². The molecule has 7 aromatic heterocycles. The lowest BCUT2D eigenvalue weighted by molar-refractivity contribution is -0.0509. The van der Waals surface area contributed by atoms with Gasteiger partial charge in [-0.2, -0.15) is 5.26 Å². The van der Waals surface area contributed by atoms with Crippen LogP contribution in [0.1, 0.15) is 88.3 Å². The number of aromatic nitrogens is 13. The molecule has 0 radical (unpaired) electrons. The molecule has 7 aliphatic rings. The van der Waals surface area contributed by atoms with Gasteiger partial charge in [0.1, 0.15) is 45.7 Å². The summed E-state index contributed by atoms with van der Waals surface area (Å²) >= 11 is 0. The smallest absolute Gasteiger partial charge is 0.250 e. The Hall–Kier alpha value is -10.5. The van der Waals surface area contributed by atoms with Crippen LogP contribution in [0.2, 0.25) is 0 Å². The van der Waals surface area contributed by atoms with Crippen LogP contribution in [0.4, 0.5) is 34.8 Å². The Balaban J connectivity index is 0.000000126. The molecular weight excluding hydrogens is 1320 g/mol. The zero-order chi connectivity index (χ0) is 70.2. The summed E-state index contributed by atoms with van der Waals surface area (Å²) in [5.74, 6) is 6.06. The number of fused-ring (bicyclic) bond motifs is 3. The van der Waals surface area contributed by atoms with Crippen LogP contribution in [0.5, 0.6) is 23.0 Å². The second-order valence-electron chi connectivity index (χ2n) is 27.0. The second kappa shape index (κ2) is 33.7.